The highest BCUT2D eigenvalue weighted by Crippen LogP contribution is 2.31. The molecule has 11 heteroatoms. The van der Waals surface area contributed by atoms with Gasteiger partial charge in [0.15, 0.2) is 5.78 Å². The van der Waals surface area contributed by atoms with E-state index in [9.17, 15) is 14.7 Å². The third-order valence-electron chi connectivity index (χ3n) is 6.48. The van der Waals surface area contributed by atoms with E-state index >= 15 is 0 Å². The van der Waals surface area contributed by atoms with E-state index in [1.165, 1.54) is 11.2 Å². The molecular weight excluding hydrogens is 454 g/mol. The largest absolute Gasteiger partial charge is 0.465 e. The third-order valence-corrected chi connectivity index (χ3v) is 8.18. The van der Waals surface area contributed by atoms with E-state index in [1.807, 2.05) is 10.8 Å². The van der Waals surface area contributed by atoms with Gasteiger partial charge in [-0.15, -0.1) is 0 Å². The summed E-state index contributed by atoms with van der Waals surface area (Å²) in [6.07, 6.45) is 4.69. The van der Waals surface area contributed by atoms with Crippen LogP contribution < -0.4 is 5.32 Å². The van der Waals surface area contributed by atoms with Gasteiger partial charge in [-0.25, -0.2) is 14.8 Å². The van der Waals surface area contributed by atoms with Crippen molar-refractivity contribution in [3.05, 3.63) is 18.1 Å². The monoisotopic (exact) mass is 489 g/mol. The predicted molar refractivity (Wildman–Crippen MR) is 131 cm³/mol. The van der Waals surface area contributed by atoms with Gasteiger partial charge in [-0.05, 0) is 25.3 Å². The summed E-state index contributed by atoms with van der Waals surface area (Å²) in [6, 6.07) is 0.970. The Balaban J connectivity index is 1.62. The summed E-state index contributed by atoms with van der Waals surface area (Å²) in [7, 11) is -1.21. The number of carbonyl (C=O) groups is 2. The minimum atomic E-state index is -1.21. The maximum Gasteiger partial charge on any atom is 0.407 e. The van der Waals surface area contributed by atoms with Gasteiger partial charge in [-0.1, -0.05) is 19.6 Å². The Labute approximate surface area is 200 Å². The second-order valence-corrected chi connectivity index (χ2v) is 16.0. The van der Waals surface area contributed by atoms with Crippen molar-refractivity contribution < 1.29 is 24.2 Å². The summed E-state index contributed by atoms with van der Waals surface area (Å²) in [5.41, 5.74) is 1.20. The second-order valence-electron chi connectivity index (χ2n) is 10.4. The quantitative estimate of drug-likeness (QED) is 0.312. The summed E-state index contributed by atoms with van der Waals surface area (Å²) in [5.74, 6) is 0.402. The summed E-state index contributed by atoms with van der Waals surface area (Å²) < 4.78 is 13.3. The standard InChI is InChI=1S/C23H35N5O5Si/c1-34(2,3)10-9-33-15-28-12-18(20(29)16-6-8-32-13-16)19-21(24-14-25-22(19)28)26-17-5-4-7-27(11-17)23(30)31/h12,14,16-17H,4-11,13,15H2,1-3H3,(H,30,31)(H,24,25,26)/t16?,17-/m1/s1. The Morgan fingerprint density at radius 1 is 1.29 bits per heavy atom. The number of nitrogens with one attached hydrogen (secondary N) is 1. The van der Waals surface area contributed by atoms with Crippen LogP contribution in [0.15, 0.2) is 12.5 Å². The number of rotatable bonds is 9. The number of aromatic nitrogens is 3. The molecule has 2 aromatic rings. The van der Waals surface area contributed by atoms with Gasteiger partial charge < -0.3 is 29.4 Å². The lowest BCUT2D eigenvalue weighted by Gasteiger charge is -2.31. The number of hydrogen-bond donors (Lipinski definition) is 2. The number of carbonyl (C=O) groups excluding carboxylic acids is 1. The van der Waals surface area contributed by atoms with Gasteiger partial charge in [0.05, 0.1) is 12.0 Å². The van der Waals surface area contributed by atoms with E-state index in [1.54, 1.807) is 0 Å². The van der Waals surface area contributed by atoms with Gasteiger partial charge in [0.25, 0.3) is 0 Å². The normalized spacial score (nSPS) is 21.2. The van der Waals surface area contributed by atoms with E-state index in [-0.39, 0.29) is 17.7 Å². The number of likely N-dealkylation sites (tertiary alicyclic amines) is 1. The van der Waals surface area contributed by atoms with Crippen molar-refractivity contribution in [1.82, 2.24) is 19.4 Å². The Morgan fingerprint density at radius 3 is 2.82 bits per heavy atom. The van der Waals surface area contributed by atoms with E-state index in [4.69, 9.17) is 9.47 Å². The van der Waals surface area contributed by atoms with Gasteiger partial charge in [0.1, 0.15) is 24.5 Å². The lowest BCUT2D eigenvalue weighted by Crippen LogP contribution is -2.44. The number of piperidine rings is 1. The predicted octanol–water partition coefficient (Wildman–Crippen LogP) is 3.52. The van der Waals surface area contributed by atoms with Crippen LogP contribution in [0.3, 0.4) is 0 Å². The molecular formula is C23H35N5O5Si. The van der Waals surface area contributed by atoms with Crippen molar-refractivity contribution in [2.24, 2.45) is 5.92 Å². The van der Waals surface area contributed by atoms with Crippen LogP contribution in [-0.4, -0.2) is 83.4 Å². The molecule has 2 aliphatic heterocycles. The molecule has 0 radical (unpaired) electrons. The number of ether oxygens (including phenoxy) is 2. The molecule has 0 spiro atoms. The topological polar surface area (TPSA) is 119 Å². The number of hydrogen-bond acceptors (Lipinski definition) is 7. The first-order valence-corrected chi connectivity index (χ1v) is 15.7. The molecule has 0 aromatic carbocycles. The van der Waals surface area contributed by atoms with Crippen LogP contribution in [0.1, 0.15) is 29.6 Å². The molecule has 2 aromatic heterocycles. The van der Waals surface area contributed by atoms with Gasteiger partial charge in [-0.2, -0.15) is 0 Å². The Bertz CT molecular complexity index is 1030. The first kappa shape index (κ1) is 24.6. The summed E-state index contributed by atoms with van der Waals surface area (Å²) in [5, 5.41) is 13.5. The average molecular weight is 490 g/mol. The van der Waals surface area contributed by atoms with Crippen molar-refractivity contribution in [2.45, 2.75) is 57.7 Å². The highest BCUT2D eigenvalue weighted by molar-refractivity contribution is 6.76. The molecule has 1 amide bonds. The van der Waals surface area contributed by atoms with E-state index in [0.29, 0.717) is 68.5 Å². The molecule has 0 aliphatic carbocycles. The van der Waals surface area contributed by atoms with Crippen LogP contribution in [0, 0.1) is 5.92 Å². The zero-order chi connectivity index (χ0) is 24.3. The Hall–Kier alpha value is -2.50. The van der Waals surface area contributed by atoms with Gasteiger partial charge in [0.2, 0.25) is 0 Å². The van der Waals surface area contributed by atoms with E-state index < -0.39 is 14.2 Å². The molecule has 2 fully saturated rings. The molecule has 4 heterocycles. The highest BCUT2D eigenvalue weighted by Gasteiger charge is 2.30. The molecule has 2 saturated heterocycles. The summed E-state index contributed by atoms with van der Waals surface area (Å²) >= 11 is 0. The zero-order valence-corrected chi connectivity index (χ0v) is 21.2. The zero-order valence-electron chi connectivity index (χ0n) is 20.2. The number of fused-ring (bicyclic) bond motifs is 1. The average Bonchev–Trinajstić information content (AvgIpc) is 3.45. The Morgan fingerprint density at radius 2 is 2.12 bits per heavy atom. The molecule has 2 N–H and O–H groups in total. The van der Waals surface area contributed by atoms with Crippen LogP contribution in [0.4, 0.5) is 10.6 Å². The second kappa shape index (κ2) is 10.4. The van der Waals surface area contributed by atoms with Crippen LogP contribution in [-0.2, 0) is 16.2 Å². The van der Waals surface area contributed by atoms with Crippen molar-refractivity contribution in [3.63, 3.8) is 0 Å². The molecule has 2 aliphatic rings. The summed E-state index contributed by atoms with van der Waals surface area (Å²) in [6.45, 7) is 9.82. The number of nitrogens with zero attached hydrogens (tertiary/aromatic N) is 4. The fraction of sp³-hybridized carbons (Fsp3) is 0.652. The van der Waals surface area contributed by atoms with Gasteiger partial charge >= 0.3 is 6.09 Å². The van der Waals surface area contributed by atoms with Crippen LogP contribution in [0.5, 0.6) is 0 Å². The lowest BCUT2D eigenvalue weighted by atomic mass is 9.97. The van der Waals surface area contributed by atoms with E-state index in [2.05, 4.69) is 34.9 Å². The van der Waals surface area contributed by atoms with Crippen LogP contribution in [0.2, 0.25) is 25.7 Å². The van der Waals surface area contributed by atoms with Crippen LogP contribution >= 0.6 is 0 Å². The number of amides is 1. The number of anilines is 1. The van der Waals surface area contributed by atoms with Gasteiger partial charge in [0, 0.05) is 58.1 Å². The van der Waals surface area contributed by atoms with Gasteiger partial charge in [-0.3, -0.25) is 4.79 Å². The fourth-order valence-electron chi connectivity index (χ4n) is 4.48. The molecule has 4 rings (SSSR count). The molecule has 1 unspecified atom stereocenters. The maximum atomic E-state index is 13.4. The fourth-order valence-corrected chi connectivity index (χ4v) is 5.24. The van der Waals surface area contributed by atoms with Crippen molar-refractivity contribution in [2.75, 3.05) is 38.2 Å². The molecule has 2 atom stereocenters. The number of carboxylic acid groups (broad SMARTS) is 1. The number of Topliss-reactive ketones (excluding diaryl/α,β-unsaturated/α-hetero) is 1. The third kappa shape index (κ3) is 5.76. The van der Waals surface area contributed by atoms with E-state index in [0.717, 1.165) is 18.9 Å². The number of ketones is 1. The van der Waals surface area contributed by atoms with Crippen LogP contribution in [0.25, 0.3) is 11.0 Å². The Kier molecular flexibility index (Phi) is 7.53. The smallest absolute Gasteiger partial charge is 0.407 e. The first-order valence-electron chi connectivity index (χ1n) is 12.0. The minimum Gasteiger partial charge on any atom is -0.465 e. The first-order chi connectivity index (χ1) is 16.2. The molecule has 186 valence electrons. The van der Waals surface area contributed by atoms with Crippen molar-refractivity contribution in [3.8, 4) is 0 Å². The summed E-state index contributed by atoms with van der Waals surface area (Å²) in [4.78, 5) is 35.2. The molecule has 34 heavy (non-hydrogen) atoms. The maximum absolute atomic E-state index is 13.4. The van der Waals surface area contributed by atoms with Crippen molar-refractivity contribution in [1.29, 1.82) is 0 Å². The molecule has 0 saturated carbocycles. The lowest BCUT2D eigenvalue weighted by molar-refractivity contribution is 0.0879. The highest BCUT2D eigenvalue weighted by atomic mass is 28.3. The molecule has 0 bridgehead atoms. The molecule has 10 nitrogen and oxygen atoms in total. The van der Waals surface area contributed by atoms with Crippen molar-refractivity contribution >= 4 is 36.8 Å². The minimum absolute atomic E-state index is 0.0250. The SMILES string of the molecule is C[Si](C)(C)CCOCn1cc(C(=O)C2CCOC2)c2c(N[C@@H]3CCCN(C(=O)O)C3)ncnc21.